The predicted octanol–water partition coefficient (Wildman–Crippen LogP) is 2.30. The van der Waals surface area contributed by atoms with Gasteiger partial charge in [-0.1, -0.05) is 42.5 Å². The third-order valence-electron chi connectivity index (χ3n) is 2.78. The zero-order valence-corrected chi connectivity index (χ0v) is 11.1. The van der Waals surface area contributed by atoms with Gasteiger partial charge in [-0.2, -0.15) is 0 Å². The summed E-state index contributed by atoms with van der Waals surface area (Å²) in [7, 11) is 0. The number of aliphatic hydroxyl groups is 1. The summed E-state index contributed by atoms with van der Waals surface area (Å²) in [6, 6.07) is 17.9. The lowest BCUT2D eigenvalue weighted by atomic mass is 10.1. The molecule has 2 aromatic carbocycles. The van der Waals surface area contributed by atoms with Crippen LogP contribution in [-0.4, -0.2) is 30.8 Å². The number of nitrogens with one attached hydrogen (secondary N) is 1. The van der Waals surface area contributed by atoms with Crippen molar-refractivity contribution in [3.63, 3.8) is 0 Å². The molecule has 4 nitrogen and oxygen atoms in total. The number of aliphatic hydroxyl groups excluding tert-OH is 1. The van der Waals surface area contributed by atoms with Crippen LogP contribution in [0.2, 0.25) is 0 Å². The minimum Gasteiger partial charge on any atom is -0.462 e. The molecule has 0 aliphatic heterocycles. The Labute approximate surface area is 118 Å². The molecule has 0 saturated carbocycles. The molecule has 0 aliphatic rings. The van der Waals surface area contributed by atoms with E-state index in [2.05, 4.69) is 17.4 Å². The van der Waals surface area contributed by atoms with Gasteiger partial charge in [0.05, 0.1) is 6.61 Å². The molecule has 104 valence electrons. The zero-order valence-electron chi connectivity index (χ0n) is 11.1. The van der Waals surface area contributed by atoms with Crippen LogP contribution in [0.4, 0.5) is 5.69 Å². The lowest BCUT2D eigenvalue weighted by molar-refractivity contribution is -0.142. The highest BCUT2D eigenvalue weighted by Gasteiger charge is 2.02. The van der Waals surface area contributed by atoms with Gasteiger partial charge in [-0.3, -0.25) is 4.79 Å². The van der Waals surface area contributed by atoms with Crippen molar-refractivity contribution < 1.29 is 14.6 Å². The summed E-state index contributed by atoms with van der Waals surface area (Å²) < 4.78 is 4.75. The van der Waals surface area contributed by atoms with E-state index in [9.17, 15) is 4.79 Å². The van der Waals surface area contributed by atoms with E-state index < -0.39 is 0 Å². The summed E-state index contributed by atoms with van der Waals surface area (Å²) in [6.07, 6.45) is 0. The largest absolute Gasteiger partial charge is 0.462 e. The second-order valence-corrected chi connectivity index (χ2v) is 4.24. The van der Waals surface area contributed by atoms with Gasteiger partial charge in [0.2, 0.25) is 0 Å². The third-order valence-corrected chi connectivity index (χ3v) is 2.78. The molecule has 0 atom stereocenters. The van der Waals surface area contributed by atoms with Gasteiger partial charge in [-0.15, -0.1) is 0 Å². The number of benzene rings is 2. The Bertz CT molecular complexity index is 537. The topological polar surface area (TPSA) is 58.6 Å². The Morgan fingerprint density at radius 1 is 1.00 bits per heavy atom. The van der Waals surface area contributed by atoms with Crippen LogP contribution in [0, 0.1) is 0 Å². The molecule has 0 amide bonds. The van der Waals surface area contributed by atoms with Gasteiger partial charge in [-0.05, 0) is 23.3 Å². The van der Waals surface area contributed by atoms with Gasteiger partial charge < -0.3 is 15.2 Å². The van der Waals surface area contributed by atoms with E-state index >= 15 is 0 Å². The summed E-state index contributed by atoms with van der Waals surface area (Å²) in [5.74, 6) is -0.383. The first kappa shape index (κ1) is 14.1. The smallest absolute Gasteiger partial charge is 0.325 e. The van der Waals surface area contributed by atoms with Gasteiger partial charge in [0.15, 0.2) is 0 Å². The Morgan fingerprint density at radius 3 is 2.30 bits per heavy atom. The van der Waals surface area contributed by atoms with E-state index in [1.54, 1.807) is 0 Å². The summed E-state index contributed by atoms with van der Waals surface area (Å²) in [5.41, 5.74) is 3.13. The SMILES string of the molecule is O=C(CNc1ccc(-c2ccccc2)cc1)OCCO. The molecule has 2 rings (SSSR count). The summed E-state index contributed by atoms with van der Waals surface area (Å²) in [5, 5.41) is 11.5. The number of ether oxygens (including phenoxy) is 1. The number of esters is 1. The fraction of sp³-hybridized carbons (Fsp3) is 0.188. The van der Waals surface area contributed by atoms with Crippen LogP contribution in [0.25, 0.3) is 11.1 Å². The van der Waals surface area contributed by atoms with Crippen LogP contribution in [0.5, 0.6) is 0 Å². The summed E-state index contributed by atoms with van der Waals surface area (Å²) in [6.45, 7) is -0.0321. The highest BCUT2D eigenvalue weighted by molar-refractivity contribution is 5.75. The molecule has 4 heteroatoms. The van der Waals surface area contributed by atoms with Crippen LogP contribution in [0.1, 0.15) is 0 Å². The van der Waals surface area contributed by atoms with Crippen molar-refractivity contribution in [2.75, 3.05) is 25.1 Å². The van der Waals surface area contributed by atoms with Crippen LogP contribution >= 0.6 is 0 Å². The maximum absolute atomic E-state index is 11.3. The Balaban J connectivity index is 1.90. The van der Waals surface area contributed by atoms with Crippen LogP contribution in [0.3, 0.4) is 0 Å². The molecule has 2 N–H and O–H groups in total. The minimum absolute atomic E-state index is 0.0352. The Hall–Kier alpha value is -2.33. The average Bonchev–Trinajstić information content (AvgIpc) is 2.52. The quantitative estimate of drug-likeness (QED) is 0.791. The molecule has 0 unspecified atom stereocenters. The van der Waals surface area contributed by atoms with Crippen molar-refractivity contribution >= 4 is 11.7 Å². The zero-order chi connectivity index (χ0) is 14.2. The third kappa shape index (κ3) is 4.10. The molecule has 20 heavy (non-hydrogen) atoms. The Morgan fingerprint density at radius 2 is 1.65 bits per heavy atom. The molecule has 0 aliphatic carbocycles. The van der Waals surface area contributed by atoms with Crippen molar-refractivity contribution in [2.45, 2.75) is 0 Å². The normalized spacial score (nSPS) is 10.1. The first-order valence-corrected chi connectivity index (χ1v) is 6.45. The highest BCUT2D eigenvalue weighted by atomic mass is 16.5. The van der Waals surface area contributed by atoms with Gasteiger partial charge >= 0.3 is 5.97 Å². The first-order valence-electron chi connectivity index (χ1n) is 6.45. The van der Waals surface area contributed by atoms with E-state index in [0.717, 1.165) is 16.8 Å². The van der Waals surface area contributed by atoms with Gasteiger partial charge in [0.1, 0.15) is 13.2 Å². The lowest BCUT2D eigenvalue weighted by Crippen LogP contribution is -2.18. The number of carbonyl (C=O) groups excluding carboxylic acids is 1. The number of anilines is 1. The van der Waals surface area contributed by atoms with Crippen molar-refractivity contribution in [1.82, 2.24) is 0 Å². The lowest BCUT2D eigenvalue weighted by Gasteiger charge is -2.07. The molecule has 0 bridgehead atoms. The Kier molecular flexibility index (Phi) is 5.15. The van der Waals surface area contributed by atoms with Crippen molar-refractivity contribution in [1.29, 1.82) is 0 Å². The molecule has 0 saturated heterocycles. The monoisotopic (exact) mass is 271 g/mol. The minimum atomic E-state index is -0.383. The number of rotatable bonds is 6. The first-order chi connectivity index (χ1) is 9.79. The van der Waals surface area contributed by atoms with E-state index in [4.69, 9.17) is 9.84 Å². The maximum atomic E-state index is 11.3. The highest BCUT2D eigenvalue weighted by Crippen LogP contribution is 2.20. The molecular formula is C16H17NO3. The summed E-state index contributed by atoms with van der Waals surface area (Å²) in [4.78, 5) is 11.3. The standard InChI is InChI=1S/C16H17NO3/c18-10-11-20-16(19)12-17-15-8-6-14(7-9-15)13-4-2-1-3-5-13/h1-9,17-18H,10-12H2. The van der Waals surface area contributed by atoms with Crippen LogP contribution < -0.4 is 5.32 Å². The second-order valence-electron chi connectivity index (χ2n) is 4.24. The van der Waals surface area contributed by atoms with Crippen molar-refractivity contribution in [3.05, 3.63) is 54.6 Å². The fourth-order valence-corrected chi connectivity index (χ4v) is 1.80. The fourth-order valence-electron chi connectivity index (χ4n) is 1.80. The number of carbonyl (C=O) groups is 1. The van der Waals surface area contributed by atoms with Crippen molar-refractivity contribution in [3.8, 4) is 11.1 Å². The van der Waals surface area contributed by atoms with E-state index in [1.165, 1.54) is 0 Å². The van der Waals surface area contributed by atoms with Gasteiger partial charge in [0, 0.05) is 5.69 Å². The van der Waals surface area contributed by atoms with E-state index in [1.807, 2.05) is 42.5 Å². The van der Waals surface area contributed by atoms with Gasteiger partial charge in [0.25, 0.3) is 0 Å². The maximum Gasteiger partial charge on any atom is 0.325 e. The average molecular weight is 271 g/mol. The number of hydrogen-bond donors (Lipinski definition) is 2. The van der Waals surface area contributed by atoms with Gasteiger partial charge in [-0.25, -0.2) is 0 Å². The molecule has 2 aromatic rings. The second kappa shape index (κ2) is 7.31. The van der Waals surface area contributed by atoms with E-state index in [-0.39, 0.29) is 25.7 Å². The molecule has 0 fully saturated rings. The van der Waals surface area contributed by atoms with Crippen LogP contribution in [-0.2, 0) is 9.53 Å². The molecule has 0 aromatic heterocycles. The molecule has 0 heterocycles. The van der Waals surface area contributed by atoms with Crippen molar-refractivity contribution in [2.24, 2.45) is 0 Å². The van der Waals surface area contributed by atoms with E-state index in [0.29, 0.717) is 0 Å². The number of hydrogen-bond acceptors (Lipinski definition) is 4. The van der Waals surface area contributed by atoms with Crippen LogP contribution in [0.15, 0.2) is 54.6 Å². The summed E-state index contributed by atoms with van der Waals surface area (Å²) >= 11 is 0. The molecule has 0 radical (unpaired) electrons. The predicted molar refractivity (Wildman–Crippen MR) is 78.4 cm³/mol. The molecule has 0 spiro atoms. The molecular weight excluding hydrogens is 254 g/mol.